The Bertz CT molecular complexity index is 735. The number of nitrogens with zero attached hydrogens (tertiary/aromatic N) is 1. The summed E-state index contributed by atoms with van der Waals surface area (Å²) in [4.78, 5) is 26.0. The summed E-state index contributed by atoms with van der Waals surface area (Å²) in [7, 11) is 0. The second-order valence-corrected chi connectivity index (χ2v) is 5.65. The van der Waals surface area contributed by atoms with Gasteiger partial charge >= 0.3 is 0 Å². The average molecular weight is 331 g/mol. The van der Waals surface area contributed by atoms with E-state index in [9.17, 15) is 9.59 Å². The van der Waals surface area contributed by atoms with Crippen LogP contribution in [-0.4, -0.2) is 11.8 Å². The molecule has 0 saturated heterocycles. The molecule has 0 aromatic heterocycles. The third kappa shape index (κ3) is 1.91. The number of nitrogen functional groups attached to an aromatic ring is 1. The number of anilines is 2. The van der Waals surface area contributed by atoms with Gasteiger partial charge in [-0.15, -0.1) is 0 Å². The molecule has 0 unspecified atom stereocenters. The standard InChI is InChI=1S/C15H11BrN2O2/c1-8-4-9(16)6-11(5-8)18-14(19)12-3-2-10(17)7-13(12)15(18)20/h2-7H,17H2,1H3. The van der Waals surface area contributed by atoms with Gasteiger partial charge in [-0.25, -0.2) is 4.90 Å². The summed E-state index contributed by atoms with van der Waals surface area (Å²) in [5, 5.41) is 0. The van der Waals surface area contributed by atoms with Crippen LogP contribution in [0.15, 0.2) is 40.9 Å². The van der Waals surface area contributed by atoms with Gasteiger partial charge in [-0.2, -0.15) is 0 Å². The maximum absolute atomic E-state index is 12.4. The zero-order valence-electron chi connectivity index (χ0n) is 10.7. The minimum absolute atomic E-state index is 0.317. The van der Waals surface area contributed by atoms with Crippen LogP contribution in [0.5, 0.6) is 0 Å². The first-order chi connectivity index (χ1) is 9.47. The number of aryl methyl sites for hydroxylation is 1. The Balaban J connectivity index is 2.14. The lowest BCUT2D eigenvalue weighted by Crippen LogP contribution is -2.29. The number of amides is 2. The van der Waals surface area contributed by atoms with Gasteiger partial charge in [0.05, 0.1) is 16.8 Å². The smallest absolute Gasteiger partial charge is 0.266 e. The van der Waals surface area contributed by atoms with Crippen LogP contribution in [-0.2, 0) is 0 Å². The van der Waals surface area contributed by atoms with Crippen molar-refractivity contribution in [3.8, 4) is 0 Å². The minimum atomic E-state index is -0.338. The lowest BCUT2D eigenvalue weighted by atomic mass is 10.1. The Morgan fingerprint density at radius 3 is 2.40 bits per heavy atom. The quantitative estimate of drug-likeness (QED) is 0.645. The number of benzene rings is 2. The molecule has 0 fully saturated rings. The van der Waals surface area contributed by atoms with E-state index in [0.717, 1.165) is 10.0 Å². The summed E-state index contributed by atoms with van der Waals surface area (Å²) < 4.78 is 0.823. The van der Waals surface area contributed by atoms with Crippen molar-refractivity contribution in [1.29, 1.82) is 0 Å². The third-order valence-corrected chi connectivity index (χ3v) is 3.65. The van der Waals surface area contributed by atoms with E-state index >= 15 is 0 Å². The van der Waals surface area contributed by atoms with Crippen molar-refractivity contribution >= 4 is 39.1 Å². The van der Waals surface area contributed by atoms with Gasteiger partial charge in [0.1, 0.15) is 0 Å². The van der Waals surface area contributed by atoms with Crippen LogP contribution in [0.2, 0.25) is 0 Å². The first kappa shape index (κ1) is 12.9. The van der Waals surface area contributed by atoms with E-state index in [0.29, 0.717) is 22.5 Å². The summed E-state index contributed by atoms with van der Waals surface area (Å²) in [5.74, 6) is -0.655. The van der Waals surface area contributed by atoms with Gasteiger partial charge < -0.3 is 5.73 Å². The fraction of sp³-hybridized carbons (Fsp3) is 0.0667. The SMILES string of the molecule is Cc1cc(Br)cc(N2C(=O)c3ccc(N)cc3C2=O)c1. The molecule has 1 heterocycles. The topological polar surface area (TPSA) is 63.4 Å². The molecule has 3 rings (SSSR count). The summed E-state index contributed by atoms with van der Waals surface area (Å²) in [6.45, 7) is 1.91. The summed E-state index contributed by atoms with van der Waals surface area (Å²) >= 11 is 3.38. The number of halogens is 1. The summed E-state index contributed by atoms with van der Waals surface area (Å²) in [6.07, 6.45) is 0. The molecule has 0 atom stereocenters. The highest BCUT2D eigenvalue weighted by atomic mass is 79.9. The predicted octanol–water partition coefficient (Wildman–Crippen LogP) is 3.14. The van der Waals surface area contributed by atoms with Crippen molar-refractivity contribution in [3.05, 3.63) is 57.6 Å². The lowest BCUT2D eigenvalue weighted by molar-refractivity contribution is 0.0926. The van der Waals surface area contributed by atoms with Crippen LogP contribution in [0.1, 0.15) is 26.3 Å². The zero-order chi connectivity index (χ0) is 14.4. The number of carbonyl (C=O) groups excluding carboxylic acids is 2. The summed E-state index contributed by atoms with van der Waals surface area (Å²) in [5.41, 5.74) is 8.42. The van der Waals surface area contributed by atoms with Crippen LogP contribution in [0.3, 0.4) is 0 Å². The van der Waals surface area contributed by atoms with Crippen molar-refractivity contribution in [1.82, 2.24) is 0 Å². The first-order valence-corrected chi connectivity index (χ1v) is 6.82. The highest BCUT2D eigenvalue weighted by Gasteiger charge is 2.36. The Morgan fingerprint density at radius 1 is 1.00 bits per heavy atom. The molecule has 0 radical (unpaired) electrons. The second kappa shape index (κ2) is 4.45. The molecule has 2 amide bonds. The van der Waals surface area contributed by atoms with Crippen molar-refractivity contribution < 1.29 is 9.59 Å². The largest absolute Gasteiger partial charge is 0.399 e. The number of rotatable bonds is 1. The molecule has 2 aromatic carbocycles. The maximum Gasteiger partial charge on any atom is 0.266 e. The van der Waals surface area contributed by atoms with Gasteiger partial charge in [0, 0.05) is 10.2 Å². The van der Waals surface area contributed by atoms with E-state index in [2.05, 4.69) is 15.9 Å². The van der Waals surface area contributed by atoms with E-state index in [1.54, 1.807) is 30.3 Å². The molecule has 0 saturated carbocycles. The van der Waals surface area contributed by atoms with E-state index in [1.807, 2.05) is 13.0 Å². The van der Waals surface area contributed by atoms with Gasteiger partial charge in [-0.05, 0) is 48.9 Å². The molecule has 2 aromatic rings. The fourth-order valence-electron chi connectivity index (χ4n) is 2.34. The third-order valence-electron chi connectivity index (χ3n) is 3.20. The van der Waals surface area contributed by atoms with Gasteiger partial charge in [-0.1, -0.05) is 15.9 Å². The van der Waals surface area contributed by atoms with Crippen LogP contribution in [0.25, 0.3) is 0 Å². The van der Waals surface area contributed by atoms with E-state index in [-0.39, 0.29) is 11.8 Å². The summed E-state index contributed by atoms with van der Waals surface area (Å²) in [6, 6.07) is 10.2. The van der Waals surface area contributed by atoms with Gasteiger partial charge in [-0.3, -0.25) is 9.59 Å². The fourth-order valence-corrected chi connectivity index (χ4v) is 2.93. The van der Waals surface area contributed by atoms with E-state index in [4.69, 9.17) is 5.73 Å². The molecule has 0 aliphatic carbocycles. The van der Waals surface area contributed by atoms with Crippen LogP contribution in [0, 0.1) is 6.92 Å². The van der Waals surface area contributed by atoms with Gasteiger partial charge in [0.25, 0.3) is 11.8 Å². The number of imide groups is 1. The predicted molar refractivity (Wildman–Crippen MR) is 80.9 cm³/mol. The Kier molecular flexibility index (Phi) is 2.87. The molecule has 20 heavy (non-hydrogen) atoms. The van der Waals surface area contributed by atoms with Crippen LogP contribution < -0.4 is 10.6 Å². The Morgan fingerprint density at radius 2 is 1.70 bits per heavy atom. The molecule has 0 bridgehead atoms. The molecule has 0 spiro atoms. The number of hydrogen-bond donors (Lipinski definition) is 1. The molecule has 100 valence electrons. The molecule has 4 nitrogen and oxygen atoms in total. The zero-order valence-corrected chi connectivity index (χ0v) is 12.3. The number of nitrogens with two attached hydrogens (primary N) is 1. The average Bonchev–Trinajstić information content (AvgIpc) is 2.60. The van der Waals surface area contributed by atoms with E-state index in [1.165, 1.54) is 4.90 Å². The molecule has 1 aliphatic heterocycles. The van der Waals surface area contributed by atoms with Crippen molar-refractivity contribution in [2.45, 2.75) is 6.92 Å². The lowest BCUT2D eigenvalue weighted by Gasteiger charge is -2.15. The van der Waals surface area contributed by atoms with Crippen LogP contribution in [0.4, 0.5) is 11.4 Å². The van der Waals surface area contributed by atoms with Crippen LogP contribution >= 0.6 is 15.9 Å². The van der Waals surface area contributed by atoms with Gasteiger partial charge in [0.15, 0.2) is 0 Å². The number of carbonyl (C=O) groups is 2. The molecule has 5 heteroatoms. The highest BCUT2D eigenvalue weighted by Crippen LogP contribution is 2.31. The number of hydrogen-bond acceptors (Lipinski definition) is 3. The Labute approximate surface area is 124 Å². The van der Waals surface area contributed by atoms with Crippen molar-refractivity contribution in [2.24, 2.45) is 0 Å². The van der Waals surface area contributed by atoms with Crippen molar-refractivity contribution in [2.75, 3.05) is 10.6 Å². The molecule has 1 aliphatic rings. The van der Waals surface area contributed by atoms with Crippen molar-refractivity contribution in [3.63, 3.8) is 0 Å². The molecule has 2 N–H and O–H groups in total. The normalized spacial score (nSPS) is 13.8. The number of fused-ring (bicyclic) bond motifs is 1. The minimum Gasteiger partial charge on any atom is -0.399 e. The molecular weight excluding hydrogens is 320 g/mol. The van der Waals surface area contributed by atoms with E-state index < -0.39 is 0 Å². The highest BCUT2D eigenvalue weighted by molar-refractivity contribution is 9.10. The molecular formula is C15H11BrN2O2. The monoisotopic (exact) mass is 330 g/mol. The maximum atomic E-state index is 12.4. The van der Waals surface area contributed by atoms with Gasteiger partial charge in [0.2, 0.25) is 0 Å². The second-order valence-electron chi connectivity index (χ2n) is 4.74. The Hall–Kier alpha value is -2.14. The first-order valence-electron chi connectivity index (χ1n) is 6.03.